The highest BCUT2D eigenvalue weighted by atomic mass is 16.5. The van der Waals surface area contributed by atoms with Crippen molar-refractivity contribution < 1.29 is 9.53 Å². The molecule has 0 atom stereocenters. The Hall–Kier alpha value is -3.00. The van der Waals surface area contributed by atoms with Gasteiger partial charge in [-0.05, 0) is 26.0 Å². The highest BCUT2D eigenvalue weighted by Gasteiger charge is 2.27. The Morgan fingerprint density at radius 1 is 1.06 bits per heavy atom. The molecule has 1 aliphatic heterocycles. The second kappa shape index (κ2) is 8.63. The van der Waals surface area contributed by atoms with Gasteiger partial charge in [-0.25, -0.2) is 14.6 Å². The molecule has 0 aliphatic carbocycles. The van der Waals surface area contributed by atoms with Crippen molar-refractivity contribution in [2.75, 3.05) is 38.2 Å². The quantitative estimate of drug-likeness (QED) is 0.629. The van der Waals surface area contributed by atoms with Gasteiger partial charge in [0.15, 0.2) is 11.5 Å². The van der Waals surface area contributed by atoms with Gasteiger partial charge in [-0.3, -0.25) is 4.79 Å². The van der Waals surface area contributed by atoms with E-state index in [1.807, 2.05) is 30.4 Å². The lowest BCUT2D eigenvalue weighted by molar-refractivity contribution is -0.134. The largest absolute Gasteiger partial charge is 0.377 e. The zero-order valence-corrected chi connectivity index (χ0v) is 18.9. The molecular formula is C23H30N6O2. The van der Waals surface area contributed by atoms with Crippen molar-refractivity contribution >= 4 is 22.8 Å². The molecule has 3 aromatic rings. The van der Waals surface area contributed by atoms with Crippen LogP contribution >= 0.6 is 0 Å². The zero-order valence-electron chi connectivity index (χ0n) is 18.9. The number of ether oxygens (including phenoxy) is 1. The summed E-state index contributed by atoms with van der Waals surface area (Å²) >= 11 is 0. The number of nitrogens with zero attached hydrogens (tertiary/aromatic N) is 6. The monoisotopic (exact) mass is 422 g/mol. The van der Waals surface area contributed by atoms with Gasteiger partial charge < -0.3 is 14.5 Å². The maximum Gasteiger partial charge on any atom is 0.225 e. The number of carbonyl (C=O) groups excluding carboxylic acids is 1. The number of methoxy groups -OCH3 is 1. The molecule has 164 valence electrons. The number of hydrogen-bond donors (Lipinski definition) is 0. The topological polar surface area (TPSA) is 76.4 Å². The van der Waals surface area contributed by atoms with Crippen molar-refractivity contribution in [3.05, 3.63) is 41.3 Å². The van der Waals surface area contributed by atoms with E-state index in [0.717, 1.165) is 41.3 Å². The van der Waals surface area contributed by atoms with Crippen LogP contribution in [0, 0.1) is 19.8 Å². The molecular weight excluding hydrogens is 392 g/mol. The Balaban J connectivity index is 1.75. The van der Waals surface area contributed by atoms with Crippen LogP contribution < -0.4 is 4.90 Å². The molecule has 0 radical (unpaired) electrons. The first-order valence-corrected chi connectivity index (χ1v) is 10.7. The normalized spacial score (nSPS) is 14.6. The number of benzene rings is 1. The Morgan fingerprint density at radius 3 is 2.35 bits per heavy atom. The highest BCUT2D eigenvalue weighted by molar-refractivity contribution is 5.91. The molecule has 0 saturated carbocycles. The SMILES string of the molecule is COCc1nc(N2CCN(C(=O)C(C)C)CC2)c2c(C)nn(-c3ccc(C)cc3)c2n1. The fourth-order valence-electron chi connectivity index (χ4n) is 4.00. The highest BCUT2D eigenvalue weighted by Crippen LogP contribution is 2.30. The van der Waals surface area contributed by atoms with Gasteiger partial charge in [-0.2, -0.15) is 5.10 Å². The summed E-state index contributed by atoms with van der Waals surface area (Å²) in [7, 11) is 1.64. The number of piperazine rings is 1. The second-order valence-corrected chi connectivity index (χ2v) is 8.39. The van der Waals surface area contributed by atoms with E-state index in [0.29, 0.717) is 25.5 Å². The smallest absolute Gasteiger partial charge is 0.225 e. The van der Waals surface area contributed by atoms with Crippen LogP contribution in [0.5, 0.6) is 0 Å². The molecule has 1 aliphatic rings. The lowest BCUT2D eigenvalue weighted by Crippen LogP contribution is -2.50. The number of aromatic nitrogens is 4. The Bertz CT molecular complexity index is 1080. The first kappa shape index (κ1) is 21.2. The van der Waals surface area contributed by atoms with Crippen LogP contribution in [0.3, 0.4) is 0 Å². The average Bonchev–Trinajstić information content (AvgIpc) is 3.10. The van der Waals surface area contributed by atoms with E-state index in [-0.39, 0.29) is 11.8 Å². The van der Waals surface area contributed by atoms with Gasteiger partial charge >= 0.3 is 0 Å². The number of fused-ring (bicyclic) bond motifs is 1. The summed E-state index contributed by atoms with van der Waals surface area (Å²) in [6.45, 7) is 11.1. The molecule has 4 rings (SSSR count). The van der Waals surface area contributed by atoms with E-state index in [2.05, 4.69) is 36.1 Å². The third kappa shape index (κ3) is 4.12. The van der Waals surface area contributed by atoms with Crippen LogP contribution in [-0.2, 0) is 16.1 Å². The molecule has 1 amide bonds. The van der Waals surface area contributed by atoms with Gasteiger partial charge in [0.25, 0.3) is 0 Å². The molecule has 0 unspecified atom stereocenters. The second-order valence-electron chi connectivity index (χ2n) is 8.39. The predicted octanol–water partition coefficient (Wildman–Crippen LogP) is 2.88. The number of hydrogen-bond acceptors (Lipinski definition) is 6. The van der Waals surface area contributed by atoms with Crippen LogP contribution in [0.15, 0.2) is 24.3 Å². The third-order valence-electron chi connectivity index (χ3n) is 5.67. The van der Waals surface area contributed by atoms with Crippen molar-refractivity contribution in [1.29, 1.82) is 0 Å². The lowest BCUT2D eigenvalue weighted by atomic mass is 10.1. The van der Waals surface area contributed by atoms with Crippen LogP contribution in [-0.4, -0.2) is 63.8 Å². The fourth-order valence-corrected chi connectivity index (χ4v) is 4.00. The molecule has 0 N–H and O–H groups in total. The molecule has 0 bridgehead atoms. The van der Waals surface area contributed by atoms with Gasteiger partial charge in [-0.1, -0.05) is 31.5 Å². The van der Waals surface area contributed by atoms with Gasteiger partial charge in [0.2, 0.25) is 5.91 Å². The Morgan fingerprint density at radius 2 is 1.74 bits per heavy atom. The number of aryl methyl sites for hydroxylation is 2. The van der Waals surface area contributed by atoms with E-state index in [1.54, 1.807) is 7.11 Å². The standard InChI is InChI=1S/C23H30N6O2/c1-15(2)23(30)28-12-10-27(11-13-28)21-20-17(4)26-29(18-8-6-16(3)7-9-18)22(20)25-19(24-21)14-31-5/h6-9,15H,10-14H2,1-5H3. The molecule has 3 heterocycles. The van der Waals surface area contributed by atoms with E-state index in [4.69, 9.17) is 19.8 Å². The molecule has 31 heavy (non-hydrogen) atoms. The number of carbonyl (C=O) groups is 1. The summed E-state index contributed by atoms with van der Waals surface area (Å²) in [5.41, 5.74) is 3.82. The minimum Gasteiger partial charge on any atom is -0.377 e. The lowest BCUT2D eigenvalue weighted by Gasteiger charge is -2.36. The van der Waals surface area contributed by atoms with E-state index in [1.165, 1.54) is 5.56 Å². The average molecular weight is 423 g/mol. The molecule has 1 fully saturated rings. The van der Waals surface area contributed by atoms with E-state index >= 15 is 0 Å². The summed E-state index contributed by atoms with van der Waals surface area (Å²) in [6.07, 6.45) is 0. The number of amides is 1. The van der Waals surface area contributed by atoms with Crippen molar-refractivity contribution in [2.24, 2.45) is 5.92 Å². The van der Waals surface area contributed by atoms with Crippen molar-refractivity contribution in [1.82, 2.24) is 24.6 Å². The first-order chi connectivity index (χ1) is 14.9. The number of rotatable bonds is 5. The maximum atomic E-state index is 12.4. The van der Waals surface area contributed by atoms with Crippen LogP contribution in [0.1, 0.15) is 30.9 Å². The minimum absolute atomic E-state index is 0.0144. The van der Waals surface area contributed by atoms with Crippen LogP contribution in [0.4, 0.5) is 5.82 Å². The van der Waals surface area contributed by atoms with E-state index < -0.39 is 0 Å². The van der Waals surface area contributed by atoms with Gasteiger partial charge in [0, 0.05) is 39.2 Å². The predicted molar refractivity (Wildman–Crippen MR) is 120 cm³/mol. The third-order valence-corrected chi connectivity index (χ3v) is 5.67. The summed E-state index contributed by atoms with van der Waals surface area (Å²) in [4.78, 5) is 26.2. The summed E-state index contributed by atoms with van der Waals surface area (Å²) in [5, 5.41) is 5.74. The van der Waals surface area contributed by atoms with E-state index in [9.17, 15) is 4.79 Å². The van der Waals surface area contributed by atoms with Crippen LogP contribution in [0.25, 0.3) is 16.7 Å². The summed E-state index contributed by atoms with van der Waals surface area (Å²) < 4.78 is 7.22. The minimum atomic E-state index is 0.0144. The van der Waals surface area contributed by atoms with Crippen molar-refractivity contribution in [2.45, 2.75) is 34.3 Å². The molecule has 8 nitrogen and oxygen atoms in total. The summed E-state index contributed by atoms with van der Waals surface area (Å²) in [5.74, 6) is 1.71. The number of anilines is 1. The fraction of sp³-hybridized carbons (Fsp3) is 0.478. The van der Waals surface area contributed by atoms with Crippen molar-refractivity contribution in [3.8, 4) is 5.69 Å². The molecule has 1 aromatic carbocycles. The Labute approximate surface area is 182 Å². The molecule has 0 spiro atoms. The van der Waals surface area contributed by atoms with Gasteiger partial charge in [0.1, 0.15) is 12.4 Å². The molecule has 8 heteroatoms. The molecule has 1 saturated heterocycles. The first-order valence-electron chi connectivity index (χ1n) is 10.7. The van der Waals surface area contributed by atoms with Crippen molar-refractivity contribution in [3.63, 3.8) is 0 Å². The van der Waals surface area contributed by atoms with Gasteiger partial charge in [-0.15, -0.1) is 0 Å². The summed E-state index contributed by atoms with van der Waals surface area (Å²) in [6, 6.07) is 8.24. The maximum absolute atomic E-state index is 12.4. The molecule has 2 aromatic heterocycles. The van der Waals surface area contributed by atoms with Gasteiger partial charge in [0.05, 0.1) is 16.8 Å². The Kier molecular flexibility index (Phi) is 5.91. The van der Waals surface area contributed by atoms with Crippen LogP contribution in [0.2, 0.25) is 0 Å². The zero-order chi connectivity index (χ0) is 22.1.